The summed E-state index contributed by atoms with van der Waals surface area (Å²) in [5.41, 5.74) is 15.8. The molecule has 0 atom stereocenters. The van der Waals surface area contributed by atoms with E-state index in [-0.39, 0.29) is 0 Å². The number of fused-ring (bicyclic) bond motifs is 6. The quantitative estimate of drug-likeness (QED) is 0.168. The van der Waals surface area contributed by atoms with Gasteiger partial charge in [0.05, 0.1) is 33.5 Å². The topological polar surface area (TPSA) is 22.8 Å². The van der Waals surface area contributed by atoms with Gasteiger partial charge in [-0.15, -0.1) is 0 Å². The molecular formula is C53H35N3. The Bertz CT molecular complexity index is 3130. The number of hydrogen-bond acceptors (Lipinski definition) is 1. The average Bonchev–Trinajstić information content (AvgIpc) is 3.80. The van der Waals surface area contributed by atoms with Crippen LogP contribution in [0.2, 0.25) is 0 Å². The molecule has 11 aromatic rings. The van der Waals surface area contributed by atoms with Gasteiger partial charge in [-0.05, 0) is 82.9 Å². The number of aromatic nitrogens is 3. The lowest BCUT2D eigenvalue weighted by Gasteiger charge is -2.13. The van der Waals surface area contributed by atoms with Crippen molar-refractivity contribution < 1.29 is 0 Å². The first-order valence-electron chi connectivity index (χ1n) is 19.1. The second-order valence-electron chi connectivity index (χ2n) is 14.4. The monoisotopic (exact) mass is 713 g/mol. The van der Waals surface area contributed by atoms with Crippen LogP contribution in [-0.2, 0) is 0 Å². The van der Waals surface area contributed by atoms with E-state index in [1.807, 2.05) is 12.1 Å². The third-order valence-corrected chi connectivity index (χ3v) is 11.1. The molecule has 3 heterocycles. The minimum atomic E-state index is 0.960. The first-order valence-corrected chi connectivity index (χ1v) is 19.1. The van der Waals surface area contributed by atoms with E-state index in [9.17, 15) is 0 Å². The lowest BCUT2D eigenvalue weighted by molar-refractivity contribution is 1.13. The Balaban J connectivity index is 1.06. The van der Waals surface area contributed by atoms with Gasteiger partial charge in [0, 0.05) is 44.0 Å². The molecule has 0 unspecified atom stereocenters. The molecular weight excluding hydrogens is 679 g/mol. The standard InChI is InChI=1S/C53H35N3/c1-3-15-36(16-4-1)48-32-41(33-49(54-48)37-17-5-2-6-18-37)39-20-13-19-38(31-39)40-29-30-47-46-25-9-12-28-52(46)56(53(47)34-40)43-22-14-21-42(35-43)55-50-26-10-7-23-44(50)45-24-8-11-27-51(45)55/h1-35H. The van der Waals surface area contributed by atoms with Crippen LogP contribution in [0.25, 0.3) is 99.8 Å². The van der Waals surface area contributed by atoms with Crippen LogP contribution >= 0.6 is 0 Å². The fraction of sp³-hybridized carbons (Fsp3) is 0. The third kappa shape index (κ3) is 5.32. The average molecular weight is 714 g/mol. The highest BCUT2D eigenvalue weighted by Gasteiger charge is 2.17. The second kappa shape index (κ2) is 13.1. The lowest BCUT2D eigenvalue weighted by atomic mass is 9.96. The Hall–Kier alpha value is -7.49. The highest BCUT2D eigenvalue weighted by atomic mass is 15.0. The van der Waals surface area contributed by atoms with E-state index in [0.29, 0.717) is 0 Å². The van der Waals surface area contributed by atoms with Crippen molar-refractivity contribution in [2.45, 2.75) is 0 Å². The number of rotatable bonds is 6. The summed E-state index contributed by atoms with van der Waals surface area (Å²) in [4.78, 5) is 5.12. The summed E-state index contributed by atoms with van der Waals surface area (Å²) in [6.07, 6.45) is 0. The highest BCUT2D eigenvalue weighted by Crippen LogP contribution is 2.38. The van der Waals surface area contributed by atoms with Crippen molar-refractivity contribution in [3.63, 3.8) is 0 Å². The smallest absolute Gasteiger partial charge is 0.0715 e. The molecule has 0 fully saturated rings. The molecule has 262 valence electrons. The summed E-state index contributed by atoms with van der Waals surface area (Å²) in [5.74, 6) is 0. The molecule has 0 aliphatic heterocycles. The van der Waals surface area contributed by atoms with Gasteiger partial charge in [-0.1, -0.05) is 152 Å². The van der Waals surface area contributed by atoms with Crippen molar-refractivity contribution in [2.75, 3.05) is 0 Å². The molecule has 8 aromatic carbocycles. The van der Waals surface area contributed by atoms with Crippen molar-refractivity contribution in [3.05, 3.63) is 212 Å². The second-order valence-corrected chi connectivity index (χ2v) is 14.4. The van der Waals surface area contributed by atoms with Gasteiger partial charge >= 0.3 is 0 Å². The van der Waals surface area contributed by atoms with Gasteiger partial charge in [-0.3, -0.25) is 0 Å². The van der Waals surface area contributed by atoms with Gasteiger partial charge in [-0.2, -0.15) is 0 Å². The number of pyridine rings is 1. The summed E-state index contributed by atoms with van der Waals surface area (Å²) in [6, 6.07) is 76.3. The van der Waals surface area contributed by atoms with E-state index in [2.05, 4.69) is 209 Å². The molecule has 0 saturated heterocycles. The maximum atomic E-state index is 5.12. The zero-order valence-corrected chi connectivity index (χ0v) is 30.5. The SMILES string of the molecule is c1ccc(-c2cc(-c3cccc(-c4ccc5c6ccccc6n(-c6cccc(-n7c8ccccc8c8ccccc87)c6)c5c4)c3)cc(-c3ccccc3)n2)cc1. The van der Waals surface area contributed by atoms with E-state index in [1.165, 1.54) is 54.7 Å². The lowest BCUT2D eigenvalue weighted by Crippen LogP contribution is -1.98. The number of nitrogens with zero attached hydrogens (tertiary/aromatic N) is 3. The summed E-state index contributed by atoms with van der Waals surface area (Å²) in [5, 5.41) is 4.99. The van der Waals surface area contributed by atoms with Gasteiger partial charge in [0.1, 0.15) is 0 Å². The van der Waals surface area contributed by atoms with Gasteiger partial charge in [0.2, 0.25) is 0 Å². The van der Waals surface area contributed by atoms with Crippen molar-refractivity contribution in [3.8, 4) is 56.1 Å². The van der Waals surface area contributed by atoms with Crippen LogP contribution in [0.15, 0.2) is 212 Å². The molecule has 0 radical (unpaired) electrons. The van der Waals surface area contributed by atoms with E-state index in [4.69, 9.17) is 4.98 Å². The molecule has 0 amide bonds. The fourth-order valence-electron chi connectivity index (χ4n) is 8.49. The number of benzene rings is 8. The minimum Gasteiger partial charge on any atom is -0.309 e. The van der Waals surface area contributed by atoms with Crippen LogP contribution in [-0.4, -0.2) is 14.1 Å². The molecule has 0 saturated carbocycles. The van der Waals surface area contributed by atoms with Crippen LogP contribution in [0.5, 0.6) is 0 Å². The van der Waals surface area contributed by atoms with Gasteiger partial charge in [-0.25, -0.2) is 4.98 Å². The third-order valence-electron chi connectivity index (χ3n) is 11.1. The molecule has 0 bridgehead atoms. The predicted octanol–water partition coefficient (Wildman–Crippen LogP) is 13.9. The Kier molecular flexibility index (Phi) is 7.49. The largest absolute Gasteiger partial charge is 0.309 e. The number of para-hydroxylation sites is 3. The van der Waals surface area contributed by atoms with Gasteiger partial charge in [0.25, 0.3) is 0 Å². The Labute approximate surface area is 325 Å². The van der Waals surface area contributed by atoms with Crippen LogP contribution in [0.4, 0.5) is 0 Å². The summed E-state index contributed by atoms with van der Waals surface area (Å²) < 4.78 is 4.82. The van der Waals surface area contributed by atoms with Crippen LogP contribution < -0.4 is 0 Å². The maximum absolute atomic E-state index is 5.12. The van der Waals surface area contributed by atoms with E-state index >= 15 is 0 Å². The van der Waals surface area contributed by atoms with Crippen molar-refractivity contribution in [2.24, 2.45) is 0 Å². The molecule has 3 aromatic heterocycles. The zero-order valence-electron chi connectivity index (χ0n) is 30.5. The molecule has 11 rings (SSSR count). The van der Waals surface area contributed by atoms with Gasteiger partial charge in [0.15, 0.2) is 0 Å². The van der Waals surface area contributed by atoms with E-state index < -0.39 is 0 Å². The van der Waals surface area contributed by atoms with E-state index in [0.717, 1.165) is 45.0 Å². The molecule has 3 nitrogen and oxygen atoms in total. The molecule has 56 heavy (non-hydrogen) atoms. The Morgan fingerprint density at radius 3 is 1.21 bits per heavy atom. The summed E-state index contributed by atoms with van der Waals surface area (Å²) in [7, 11) is 0. The predicted molar refractivity (Wildman–Crippen MR) is 235 cm³/mol. The summed E-state index contributed by atoms with van der Waals surface area (Å²) >= 11 is 0. The first-order chi connectivity index (χ1) is 27.8. The van der Waals surface area contributed by atoms with Crippen molar-refractivity contribution in [1.29, 1.82) is 0 Å². The molecule has 0 aliphatic carbocycles. The van der Waals surface area contributed by atoms with Crippen LogP contribution in [0.1, 0.15) is 0 Å². The fourth-order valence-corrected chi connectivity index (χ4v) is 8.49. The Morgan fingerprint density at radius 2 is 0.661 bits per heavy atom. The molecule has 0 aliphatic rings. The van der Waals surface area contributed by atoms with E-state index in [1.54, 1.807) is 0 Å². The van der Waals surface area contributed by atoms with Crippen LogP contribution in [0, 0.1) is 0 Å². The molecule has 0 spiro atoms. The van der Waals surface area contributed by atoms with Crippen molar-refractivity contribution >= 4 is 43.6 Å². The first kappa shape index (κ1) is 32.0. The highest BCUT2D eigenvalue weighted by molar-refractivity contribution is 6.11. The maximum Gasteiger partial charge on any atom is 0.0715 e. The summed E-state index contributed by atoms with van der Waals surface area (Å²) in [6.45, 7) is 0. The normalized spacial score (nSPS) is 11.6. The Morgan fingerprint density at radius 1 is 0.250 bits per heavy atom. The number of hydrogen-bond donors (Lipinski definition) is 0. The van der Waals surface area contributed by atoms with Crippen LogP contribution in [0.3, 0.4) is 0 Å². The van der Waals surface area contributed by atoms with Gasteiger partial charge < -0.3 is 9.13 Å². The van der Waals surface area contributed by atoms with Crippen molar-refractivity contribution in [1.82, 2.24) is 14.1 Å². The zero-order chi connectivity index (χ0) is 37.0. The molecule has 0 N–H and O–H groups in total. The minimum absolute atomic E-state index is 0.960. The molecule has 3 heteroatoms.